The Hall–Kier alpha value is -0.780. The lowest BCUT2D eigenvalue weighted by Gasteiger charge is -2.07. The van der Waals surface area contributed by atoms with Crippen molar-refractivity contribution in [3.05, 3.63) is 23.0 Å². The molecule has 1 aromatic rings. The number of hydrogen-bond acceptors (Lipinski definition) is 4. The van der Waals surface area contributed by atoms with Crippen LogP contribution in [0.5, 0.6) is 0 Å². The first-order valence-electron chi connectivity index (χ1n) is 6.07. The Labute approximate surface area is 112 Å². The Morgan fingerprint density at radius 2 is 2.17 bits per heavy atom. The number of Topliss-reactive ketones (excluding diaryl/α,β-unsaturated/α-hetero) is 1. The van der Waals surface area contributed by atoms with Gasteiger partial charge in [-0.2, -0.15) is 11.8 Å². The van der Waals surface area contributed by atoms with E-state index in [1.54, 1.807) is 0 Å². The molecule has 0 bridgehead atoms. The molecule has 1 atom stereocenters. The third kappa shape index (κ3) is 3.60. The SMILES string of the molecule is CCn1c(C)cc(C(=O)CSCC(O)CO)c1C. The Bertz CT molecular complexity index is 415. The van der Waals surface area contributed by atoms with Crippen LogP contribution in [0, 0.1) is 13.8 Å². The standard InChI is InChI=1S/C13H21NO3S/c1-4-14-9(2)5-12(10(14)3)13(17)8-18-7-11(16)6-15/h5,11,15-16H,4,6-8H2,1-3H3. The molecule has 0 fully saturated rings. The third-order valence-corrected chi connectivity index (χ3v) is 4.03. The fourth-order valence-electron chi connectivity index (χ4n) is 1.99. The van der Waals surface area contributed by atoms with E-state index >= 15 is 0 Å². The molecule has 0 aliphatic heterocycles. The molecule has 0 aliphatic rings. The molecule has 1 aromatic heterocycles. The molecule has 0 aromatic carbocycles. The summed E-state index contributed by atoms with van der Waals surface area (Å²) in [6, 6.07) is 1.92. The lowest BCUT2D eigenvalue weighted by atomic mass is 10.2. The van der Waals surface area contributed by atoms with E-state index in [1.165, 1.54) is 11.8 Å². The summed E-state index contributed by atoms with van der Waals surface area (Å²) in [5.74, 6) is 0.803. The molecule has 0 spiro atoms. The van der Waals surface area contributed by atoms with Crippen LogP contribution in [0.4, 0.5) is 0 Å². The van der Waals surface area contributed by atoms with E-state index in [2.05, 4.69) is 11.5 Å². The van der Waals surface area contributed by atoms with Crippen LogP contribution >= 0.6 is 11.8 Å². The highest BCUT2D eigenvalue weighted by molar-refractivity contribution is 8.00. The summed E-state index contributed by atoms with van der Waals surface area (Å²) < 4.78 is 2.11. The molecule has 0 amide bonds. The normalized spacial score (nSPS) is 12.7. The second-order valence-electron chi connectivity index (χ2n) is 4.30. The summed E-state index contributed by atoms with van der Waals surface area (Å²) in [6.45, 7) is 6.61. The first-order chi connectivity index (χ1) is 8.51. The number of carbonyl (C=O) groups is 1. The smallest absolute Gasteiger partial charge is 0.174 e. The van der Waals surface area contributed by atoms with Crippen LogP contribution in [0.2, 0.25) is 0 Å². The van der Waals surface area contributed by atoms with Gasteiger partial charge in [0.2, 0.25) is 0 Å². The Morgan fingerprint density at radius 1 is 1.50 bits per heavy atom. The van der Waals surface area contributed by atoms with Gasteiger partial charge in [-0.15, -0.1) is 0 Å². The molecular weight excluding hydrogens is 250 g/mol. The van der Waals surface area contributed by atoms with Crippen molar-refractivity contribution in [2.24, 2.45) is 0 Å². The quantitative estimate of drug-likeness (QED) is 0.736. The van der Waals surface area contributed by atoms with Crippen molar-refractivity contribution >= 4 is 17.5 Å². The number of aryl methyl sites for hydroxylation is 1. The number of nitrogens with zero attached hydrogens (tertiary/aromatic N) is 1. The summed E-state index contributed by atoms with van der Waals surface area (Å²) in [6.07, 6.45) is -0.745. The van der Waals surface area contributed by atoms with Gasteiger partial charge in [-0.05, 0) is 26.8 Å². The van der Waals surface area contributed by atoms with E-state index in [9.17, 15) is 9.90 Å². The highest BCUT2D eigenvalue weighted by atomic mass is 32.2. The monoisotopic (exact) mass is 271 g/mol. The molecule has 2 N–H and O–H groups in total. The molecule has 102 valence electrons. The zero-order chi connectivity index (χ0) is 13.7. The molecule has 1 unspecified atom stereocenters. The Morgan fingerprint density at radius 3 is 2.67 bits per heavy atom. The molecule has 4 nitrogen and oxygen atoms in total. The van der Waals surface area contributed by atoms with Crippen molar-refractivity contribution in [1.82, 2.24) is 4.57 Å². The molecule has 0 saturated carbocycles. The average molecular weight is 271 g/mol. The number of thioether (sulfide) groups is 1. The van der Waals surface area contributed by atoms with Crippen molar-refractivity contribution in [2.75, 3.05) is 18.1 Å². The first-order valence-corrected chi connectivity index (χ1v) is 7.23. The number of rotatable bonds is 7. The minimum absolute atomic E-state index is 0.0814. The summed E-state index contributed by atoms with van der Waals surface area (Å²) >= 11 is 1.35. The maximum Gasteiger partial charge on any atom is 0.174 e. The maximum absolute atomic E-state index is 12.0. The minimum atomic E-state index is -0.745. The highest BCUT2D eigenvalue weighted by Gasteiger charge is 2.15. The third-order valence-electron chi connectivity index (χ3n) is 2.94. The van der Waals surface area contributed by atoms with Crippen LogP contribution in [-0.4, -0.2) is 44.8 Å². The van der Waals surface area contributed by atoms with E-state index in [-0.39, 0.29) is 12.4 Å². The zero-order valence-electron chi connectivity index (χ0n) is 11.1. The molecule has 18 heavy (non-hydrogen) atoms. The molecule has 1 rings (SSSR count). The summed E-state index contributed by atoms with van der Waals surface area (Å²) in [5.41, 5.74) is 2.86. The molecule has 5 heteroatoms. The van der Waals surface area contributed by atoms with Crippen LogP contribution in [-0.2, 0) is 6.54 Å². The second kappa shape index (κ2) is 6.97. The van der Waals surface area contributed by atoms with Crippen LogP contribution in [0.15, 0.2) is 6.07 Å². The van der Waals surface area contributed by atoms with Gasteiger partial charge in [0.05, 0.1) is 18.5 Å². The number of aliphatic hydroxyl groups excluding tert-OH is 2. The van der Waals surface area contributed by atoms with Gasteiger partial charge in [0, 0.05) is 29.2 Å². The van der Waals surface area contributed by atoms with Crippen molar-refractivity contribution in [3.8, 4) is 0 Å². The maximum atomic E-state index is 12.0. The van der Waals surface area contributed by atoms with Crippen LogP contribution < -0.4 is 0 Å². The van der Waals surface area contributed by atoms with Gasteiger partial charge < -0.3 is 14.8 Å². The van der Waals surface area contributed by atoms with E-state index in [4.69, 9.17) is 5.11 Å². The predicted octanol–water partition coefficient (Wildman–Crippen LogP) is 1.39. The molecule has 0 radical (unpaired) electrons. The molecule has 0 aliphatic carbocycles. The van der Waals surface area contributed by atoms with E-state index in [1.807, 2.05) is 19.9 Å². The fraction of sp³-hybridized carbons (Fsp3) is 0.615. The van der Waals surface area contributed by atoms with E-state index < -0.39 is 6.10 Å². The first kappa shape index (κ1) is 15.3. The number of aliphatic hydroxyl groups is 2. The van der Waals surface area contributed by atoms with Gasteiger partial charge in [-0.1, -0.05) is 0 Å². The summed E-state index contributed by atoms with van der Waals surface area (Å²) in [4.78, 5) is 12.0. The van der Waals surface area contributed by atoms with Crippen molar-refractivity contribution in [1.29, 1.82) is 0 Å². The molecule has 1 heterocycles. The van der Waals surface area contributed by atoms with Crippen LogP contribution in [0.25, 0.3) is 0 Å². The van der Waals surface area contributed by atoms with Crippen LogP contribution in [0.1, 0.15) is 28.7 Å². The Kier molecular flexibility index (Phi) is 5.91. The second-order valence-corrected chi connectivity index (χ2v) is 5.33. The van der Waals surface area contributed by atoms with Crippen LogP contribution in [0.3, 0.4) is 0 Å². The zero-order valence-corrected chi connectivity index (χ0v) is 12.0. The van der Waals surface area contributed by atoms with Crippen molar-refractivity contribution in [3.63, 3.8) is 0 Å². The summed E-state index contributed by atoms with van der Waals surface area (Å²) in [7, 11) is 0. The van der Waals surface area contributed by atoms with Gasteiger partial charge in [0.1, 0.15) is 0 Å². The lowest BCUT2D eigenvalue weighted by molar-refractivity contribution is 0.102. The number of carbonyl (C=O) groups excluding carboxylic acids is 1. The van der Waals surface area contributed by atoms with Crippen molar-refractivity contribution < 1.29 is 15.0 Å². The van der Waals surface area contributed by atoms with Gasteiger partial charge in [0.25, 0.3) is 0 Å². The summed E-state index contributed by atoms with van der Waals surface area (Å²) in [5, 5.41) is 17.9. The Balaban J connectivity index is 2.62. The number of ketones is 1. The predicted molar refractivity (Wildman–Crippen MR) is 74.3 cm³/mol. The average Bonchev–Trinajstić information content (AvgIpc) is 2.64. The minimum Gasteiger partial charge on any atom is -0.394 e. The lowest BCUT2D eigenvalue weighted by Crippen LogP contribution is -2.16. The van der Waals surface area contributed by atoms with Gasteiger partial charge in [-0.3, -0.25) is 4.79 Å². The number of aromatic nitrogens is 1. The van der Waals surface area contributed by atoms with Gasteiger partial charge in [0.15, 0.2) is 5.78 Å². The van der Waals surface area contributed by atoms with Gasteiger partial charge in [-0.25, -0.2) is 0 Å². The van der Waals surface area contributed by atoms with E-state index in [0.717, 1.165) is 23.5 Å². The topological polar surface area (TPSA) is 62.5 Å². The molecular formula is C13H21NO3S. The fourth-order valence-corrected chi connectivity index (χ4v) is 2.82. The molecule has 0 saturated heterocycles. The largest absolute Gasteiger partial charge is 0.394 e. The number of hydrogen-bond donors (Lipinski definition) is 2. The van der Waals surface area contributed by atoms with Gasteiger partial charge >= 0.3 is 0 Å². The van der Waals surface area contributed by atoms with E-state index in [0.29, 0.717) is 11.5 Å². The highest BCUT2D eigenvalue weighted by Crippen LogP contribution is 2.17. The van der Waals surface area contributed by atoms with Crippen molar-refractivity contribution in [2.45, 2.75) is 33.4 Å².